The fourth-order valence-electron chi connectivity index (χ4n) is 3.04. The molecule has 0 aliphatic heterocycles. The Morgan fingerprint density at radius 2 is 2.06 bits per heavy atom. The summed E-state index contributed by atoms with van der Waals surface area (Å²) in [6.45, 7) is 6.76. The fourth-order valence-corrected chi connectivity index (χ4v) is 3.04. The van der Waals surface area contributed by atoms with Crippen LogP contribution in [0, 0.1) is 16.7 Å². The van der Waals surface area contributed by atoms with E-state index in [2.05, 4.69) is 20.8 Å². The number of hydrogen-bond donors (Lipinski definition) is 1. The number of aliphatic hydroxyl groups excluding tert-OH is 1. The number of esters is 1. The molecule has 0 aromatic carbocycles. The van der Waals surface area contributed by atoms with E-state index in [0.29, 0.717) is 0 Å². The van der Waals surface area contributed by atoms with Crippen molar-refractivity contribution >= 4 is 5.97 Å². The maximum Gasteiger partial charge on any atom is 0.309 e. The van der Waals surface area contributed by atoms with E-state index in [0.717, 1.165) is 25.7 Å². The number of rotatable bonds is 4. The number of hydrogen-bond acceptors (Lipinski definition) is 3. The molecule has 0 radical (unpaired) electrons. The van der Waals surface area contributed by atoms with Crippen LogP contribution >= 0.6 is 0 Å². The van der Waals surface area contributed by atoms with Crippen LogP contribution in [0.15, 0.2) is 0 Å². The van der Waals surface area contributed by atoms with Crippen molar-refractivity contribution in [3.63, 3.8) is 0 Å². The van der Waals surface area contributed by atoms with Gasteiger partial charge in [0.1, 0.15) is 0 Å². The molecule has 1 aliphatic rings. The lowest BCUT2D eigenvalue weighted by Crippen LogP contribution is -2.38. The lowest BCUT2D eigenvalue weighted by molar-refractivity contribution is -0.150. The van der Waals surface area contributed by atoms with Crippen molar-refractivity contribution in [2.45, 2.75) is 46.5 Å². The number of ether oxygens (including phenoxy) is 1. The lowest BCUT2D eigenvalue weighted by atomic mass is 9.64. The largest absolute Gasteiger partial charge is 0.469 e. The predicted octanol–water partition coefficient (Wildman–Crippen LogP) is 2.37. The van der Waals surface area contributed by atoms with Crippen molar-refractivity contribution in [1.29, 1.82) is 0 Å². The molecule has 1 aliphatic carbocycles. The third kappa shape index (κ3) is 2.10. The quantitative estimate of drug-likeness (QED) is 0.751. The smallest absolute Gasteiger partial charge is 0.309 e. The van der Waals surface area contributed by atoms with E-state index >= 15 is 0 Å². The van der Waals surface area contributed by atoms with E-state index < -0.39 is 0 Å². The van der Waals surface area contributed by atoms with Gasteiger partial charge in [-0.2, -0.15) is 0 Å². The van der Waals surface area contributed by atoms with Crippen molar-refractivity contribution in [3.05, 3.63) is 0 Å². The third-order valence-corrected chi connectivity index (χ3v) is 4.78. The van der Waals surface area contributed by atoms with Crippen LogP contribution in [0.5, 0.6) is 0 Å². The van der Waals surface area contributed by atoms with E-state index in [9.17, 15) is 4.79 Å². The van der Waals surface area contributed by atoms with Crippen molar-refractivity contribution in [2.24, 2.45) is 16.7 Å². The van der Waals surface area contributed by atoms with Gasteiger partial charge in [0, 0.05) is 6.61 Å². The first-order valence-electron chi connectivity index (χ1n) is 6.08. The SMILES string of the molecule is COC(=O)[C@H]1CC[C@@](C)(CCCO)C1(C)C. The minimum absolute atomic E-state index is 0.00110. The molecule has 3 heteroatoms. The summed E-state index contributed by atoms with van der Waals surface area (Å²) in [4.78, 5) is 11.7. The summed E-state index contributed by atoms with van der Waals surface area (Å²) in [5, 5.41) is 8.94. The molecule has 0 saturated heterocycles. The van der Waals surface area contributed by atoms with Gasteiger partial charge in [-0.1, -0.05) is 20.8 Å². The minimum Gasteiger partial charge on any atom is -0.469 e. The summed E-state index contributed by atoms with van der Waals surface area (Å²) in [6.07, 6.45) is 3.74. The van der Waals surface area contributed by atoms with Crippen molar-refractivity contribution < 1.29 is 14.6 Å². The van der Waals surface area contributed by atoms with Crippen LogP contribution in [0.4, 0.5) is 0 Å². The highest BCUT2D eigenvalue weighted by molar-refractivity contribution is 5.73. The summed E-state index contributed by atoms with van der Waals surface area (Å²) in [7, 11) is 1.46. The van der Waals surface area contributed by atoms with Crippen LogP contribution in [0.25, 0.3) is 0 Å². The molecule has 1 fully saturated rings. The van der Waals surface area contributed by atoms with Crippen molar-refractivity contribution in [2.75, 3.05) is 13.7 Å². The summed E-state index contributed by atoms with van der Waals surface area (Å²) in [5.74, 6) is -0.0843. The summed E-state index contributed by atoms with van der Waals surface area (Å²) < 4.78 is 4.88. The van der Waals surface area contributed by atoms with Crippen LogP contribution in [-0.4, -0.2) is 24.8 Å². The first kappa shape index (κ1) is 13.5. The highest BCUT2D eigenvalue weighted by Crippen LogP contribution is 2.58. The van der Waals surface area contributed by atoms with Gasteiger partial charge >= 0.3 is 5.97 Å². The minimum atomic E-state index is -0.0854. The molecule has 1 rings (SSSR count). The van der Waals surface area contributed by atoms with Gasteiger partial charge in [0.25, 0.3) is 0 Å². The van der Waals surface area contributed by atoms with E-state index in [1.54, 1.807) is 0 Å². The molecule has 16 heavy (non-hydrogen) atoms. The molecule has 1 saturated carbocycles. The van der Waals surface area contributed by atoms with Crippen LogP contribution in [0.2, 0.25) is 0 Å². The first-order valence-corrected chi connectivity index (χ1v) is 6.08. The van der Waals surface area contributed by atoms with Crippen LogP contribution in [0.1, 0.15) is 46.5 Å². The number of carbonyl (C=O) groups is 1. The Kier molecular flexibility index (Phi) is 4.00. The lowest BCUT2D eigenvalue weighted by Gasteiger charge is -2.41. The van der Waals surface area contributed by atoms with Gasteiger partial charge in [0.2, 0.25) is 0 Å². The second kappa shape index (κ2) is 4.74. The molecule has 0 heterocycles. The predicted molar refractivity (Wildman–Crippen MR) is 62.9 cm³/mol. The number of aliphatic hydroxyl groups is 1. The van der Waals surface area contributed by atoms with E-state index in [1.807, 2.05) is 0 Å². The molecule has 0 spiro atoms. The van der Waals surface area contributed by atoms with Gasteiger partial charge in [-0.25, -0.2) is 0 Å². The monoisotopic (exact) mass is 228 g/mol. The Morgan fingerprint density at radius 3 is 2.56 bits per heavy atom. The topological polar surface area (TPSA) is 46.5 Å². The molecule has 0 aromatic rings. The Morgan fingerprint density at radius 1 is 1.44 bits per heavy atom. The van der Waals surface area contributed by atoms with Gasteiger partial charge < -0.3 is 9.84 Å². The van der Waals surface area contributed by atoms with E-state index in [1.165, 1.54) is 7.11 Å². The Labute approximate surface area is 98.2 Å². The normalized spacial score (nSPS) is 32.7. The maximum atomic E-state index is 11.7. The Balaban J connectivity index is 2.81. The van der Waals surface area contributed by atoms with Crippen LogP contribution < -0.4 is 0 Å². The van der Waals surface area contributed by atoms with E-state index in [-0.39, 0.29) is 29.3 Å². The van der Waals surface area contributed by atoms with Crippen molar-refractivity contribution in [1.82, 2.24) is 0 Å². The zero-order chi connectivity index (χ0) is 12.4. The van der Waals surface area contributed by atoms with Crippen LogP contribution in [-0.2, 0) is 9.53 Å². The number of methoxy groups -OCH3 is 1. The molecule has 0 aromatic heterocycles. The molecule has 0 bridgehead atoms. The second-order valence-electron chi connectivity index (χ2n) is 5.72. The average Bonchev–Trinajstić information content (AvgIpc) is 2.47. The van der Waals surface area contributed by atoms with Crippen LogP contribution in [0.3, 0.4) is 0 Å². The van der Waals surface area contributed by atoms with Gasteiger partial charge in [0.05, 0.1) is 13.0 Å². The Hall–Kier alpha value is -0.570. The molecular formula is C13H24O3. The average molecular weight is 228 g/mol. The fraction of sp³-hybridized carbons (Fsp3) is 0.923. The molecule has 0 unspecified atom stereocenters. The van der Waals surface area contributed by atoms with Gasteiger partial charge in [0.15, 0.2) is 0 Å². The highest BCUT2D eigenvalue weighted by atomic mass is 16.5. The molecule has 2 atom stereocenters. The standard InChI is InChI=1S/C13H24O3/c1-12(2)10(11(15)16-4)6-8-13(12,3)7-5-9-14/h10,14H,5-9H2,1-4H3/t10-,13-/m1/s1. The first-order chi connectivity index (χ1) is 7.39. The molecular weight excluding hydrogens is 204 g/mol. The summed E-state index contributed by atoms with van der Waals surface area (Å²) in [5.41, 5.74) is 0.0872. The molecule has 3 nitrogen and oxygen atoms in total. The summed E-state index contributed by atoms with van der Waals surface area (Å²) >= 11 is 0. The van der Waals surface area contributed by atoms with Gasteiger partial charge in [-0.3, -0.25) is 4.79 Å². The zero-order valence-electron chi connectivity index (χ0n) is 10.9. The van der Waals surface area contributed by atoms with E-state index in [4.69, 9.17) is 9.84 Å². The third-order valence-electron chi connectivity index (χ3n) is 4.78. The van der Waals surface area contributed by atoms with Gasteiger partial charge in [-0.05, 0) is 36.5 Å². The second-order valence-corrected chi connectivity index (χ2v) is 5.72. The van der Waals surface area contributed by atoms with Gasteiger partial charge in [-0.15, -0.1) is 0 Å². The maximum absolute atomic E-state index is 11.7. The van der Waals surface area contributed by atoms with Crippen molar-refractivity contribution in [3.8, 4) is 0 Å². The zero-order valence-corrected chi connectivity index (χ0v) is 10.9. The molecule has 94 valence electrons. The molecule has 1 N–H and O–H groups in total. The molecule has 0 amide bonds. The Bertz CT molecular complexity index is 260. The summed E-state index contributed by atoms with van der Waals surface area (Å²) in [6, 6.07) is 0. The number of carbonyl (C=O) groups excluding carboxylic acids is 1. The highest BCUT2D eigenvalue weighted by Gasteiger charge is 2.53.